The van der Waals surface area contributed by atoms with Crippen LogP contribution < -0.4 is 18.9 Å². The Hall–Kier alpha value is -2.45. The molecular weight excluding hydrogens is 370 g/mol. The quantitative estimate of drug-likeness (QED) is 0.804. The molecule has 3 heterocycles. The van der Waals surface area contributed by atoms with Gasteiger partial charge in [0, 0.05) is 12.6 Å². The minimum Gasteiger partial charge on any atom is -0.486 e. The Bertz CT molecular complexity index is 990. The molecule has 0 amide bonds. The van der Waals surface area contributed by atoms with E-state index in [0.717, 1.165) is 18.4 Å². The van der Waals surface area contributed by atoms with E-state index in [9.17, 15) is 8.42 Å². The van der Waals surface area contributed by atoms with Crippen molar-refractivity contribution in [2.45, 2.75) is 23.8 Å². The predicted molar refractivity (Wildman–Crippen MR) is 95.9 cm³/mol. The van der Waals surface area contributed by atoms with Crippen LogP contribution in [0.15, 0.2) is 41.3 Å². The summed E-state index contributed by atoms with van der Waals surface area (Å²) in [5, 5.41) is 0. The minimum atomic E-state index is -3.65. The van der Waals surface area contributed by atoms with Gasteiger partial charge in [0.1, 0.15) is 13.2 Å². The fraction of sp³-hybridized carbons (Fsp3) is 0.368. The van der Waals surface area contributed by atoms with Crippen LogP contribution >= 0.6 is 0 Å². The van der Waals surface area contributed by atoms with E-state index in [1.54, 1.807) is 16.4 Å². The van der Waals surface area contributed by atoms with Gasteiger partial charge in [0.25, 0.3) is 0 Å². The molecule has 2 aromatic rings. The van der Waals surface area contributed by atoms with E-state index in [-0.39, 0.29) is 17.7 Å². The Balaban J connectivity index is 1.48. The van der Waals surface area contributed by atoms with Crippen molar-refractivity contribution in [2.75, 3.05) is 26.6 Å². The molecule has 0 aromatic heterocycles. The van der Waals surface area contributed by atoms with Crippen LogP contribution in [0.5, 0.6) is 23.0 Å². The second-order valence-electron chi connectivity index (χ2n) is 6.69. The van der Waals surface area contributed by atoms with Gasteiger partial charge in [0.15, 0.2) is 23.0 Å². The molecule has 0 radical (unpaired) electrons. The van der Waals surface area contributed by atoms with Gasteiger partial charge in [0.05, 0.1) is 10.9 Å². The van der Waals surface area contributed by atoms with Crippen LogP contribution in [0.1, 0.15) is 24.4 Å². The number of hydrogen-bond donors (Lipinski definition) is 0. The molecule has 7 nitrogen and oxygen atoms in total. The molecule has 27 heavy (non-hydrogen) atoms. The molecule has 0 N–H and O–H groups in total. The van der Waals surface area contributed by atoms with Crippen molar-refractivity contribution in [3.8, 4) is 23.0 Å². The number of fused-ring (bicyclic) bond motifs is 2. The van der Waals surface area contributed by atoms with E-state index >= 15 is 0 Å². The third kappa shape index (κ3) is 2.80. The average molecular weight is 389 g/mol. The van der Waals surface area contributed by atoms with Crippen LogP contribution in [-0.4, -0.2) is 39.3 Å². The lowest BCUT2D eigenvalue weighted by Crippen LogP contribution is -2.30. The first-order valence-electron chi connectivity index (χ1n) is 8.94. The van der Waals surface area contributed by atoms with Gasteiger partial charge in [0.2, 0.25) is 16.8 Å². The van der Waals surface area contributed by atoms with Crippen LogP contribution in [0.3, 0.4) is 0 Å². The van der Waals surface area contributed by atoms with Crippen molar-refractivity contribution in [1.29, 1.82) is 0 Å². The zero-order valence-electron chi connectivity index (χ0n) is 14.6. The summed E-state index contributed by atoms with van der Waals surface area (Å²) in [6, 6.07) is 10.2. The summed E-state index contributed by atoms with van der Waals surface area (Å²) in [6.45, 7) is 1.62. The molecule has 0 saturated carbocycles. The Kier molecular flexibility index (Phi) is 3.91. The van der Waals surface area contributed by atoms with Gasteiger partial charge in [-0.2, -0.15) is 4.31 Å². The summed E-state index contributed by atoms with van der Waals surface area (Å²) < 4.78 is 50.0. The first-order valence-corrected chi connectivity index (χ1v) is 10.4. The Morgan fingerprint density at radius 2 is 1.56 bits per heavy atom. The predicted octanol–water partition coefficient (Wildman–Crippen LogP) is 2.71. The fourth-order valence-corrected chi connectivity index (χ4v) is 5.50. The highest BCUT2D eigenvalue weighted by molar-refractivity contribution is 7.89. The van der Waals surface area contributed by atoms with Gasteiger partial charge < -0.3 is 18.9 Å². The lowest BCUT2D eigenvalue weighted by molar-refractivity contribution is 0.171. The van der Waals surface area contributed by atoms with E-state index in [2.05, 4.69) is 0 Å². The summed E-state index contributed by atoms with van der Waals surface area (Å²) in [5.41, 5.74) is 0.918. The molecule has 3 aliphatic heterocycles. The van der Waals surface area contributed by atoms with Crippen molar-refractivity contribution in [1.82, 2.24) is 4.31 Å². The molecule has 0 spiro atoms. The molecule has 1 saturated heterocycles. The molecule has 8 heteroatoms. The number of hydrogen-bond acceptors (Lipinski definition) is 6. The molecule has 142 valence electrons. The van der Waals surface area contributed by atoms with Crippen molar-refractivity contribution in [3.05, 3.63) is 42.0 Å². The molecule has 0 bridgehead atoms. The fourth-order valence-electron chi connectivity index (χ4n) is 3.80. The van der Waals surface area contributed by atoms with E-state index in [0.29, 0.717) is 42.8 Å². The van der Waals surface area contributed by atoms with Crippen LogP contribution in [0.2, 0.25) is 0 Å². The summed E-state index contributed by atoms with van der Waals surface area (Å²) in [5.74, 6) is 2.41. The van der Waals surface area contributed by atoms with Gasteiger partial charge in [-0.25, -0.2) is 8.42 Å². The summed E-state index contributed by atoms with van der Waals surface area (Å²) in [6.07, 6.45) is 1.58. The van der Waals surface area contributed by atoms with Crippen molar-refractivity contribution >= 4 is 10.0 Å². The summed E-state index contributed by atoms with van der Waals surface area (Å²) >= 11 is 0. The first-order chi connectivity index (χ1) is 13.1. The van der Waals surface area contributed by atoms with Gasteiger partial charge in [-0.05, 0) is 42.7 Å². The van der Waals surface area contributed by atoms with Crippen LogP contribution in [-0.2, 0) is 10.0 Å². The van der Waals surface area contributed by atoms with E-state index in [1.807, 2.05) is 18.2 Å². The number of nitrogens with zero attached hydrogens (tertiary/aromatic N) is 1. The molecule has 5 rings (SSSR count). The third-order valence-corrected chi connectivity index (χ3v) is 7.01. The molecule has 1 atom stereocenters. The van der Waals surface area contributed by atoms with Gasteiger partial charge >= 0.3 is 0 Å². The maximum Gasteiger partial charge on any atom is 0.243 e. The zero-order chi connectivity index (χ0) is 18.4. The number of benzene rings is 2. The molecule has 3 aliphatic rings. The van der Waals surface area contributed by atoms with Crippen LogP contribution in [0.25, 0.3) is 0 Å². The van der Waals surface area contributed by atoms with Crippen molar-refractivity contribution in [2.24, 2.45) is 0 Å². The number of ether oxygens (including phenoxy) is 4. The van der Waals surface area contributed by atoms with Crippen molar-refractivity contribution in [3.63, 3.8) is 0 Å². The van der Waals surface area contributed by atoms with Gasteiger partial charge in [-0.15, -0.1) is 0 Å². The first kappa shape index (κ1) is 16.7. The third-order valence-electron chi connectivity index (χ3n) is 5.11. The number of sulfonamides is 1. The monoisotopic (exact) mass is 389 g/mol. The lowest BCUT2D eigenvalue weighted by Gasteiger charge is -2.26. The van der Waals surface area contributed by atoms with Gasteiger partial charge in [-0.3, -0.25) is 0 Å². The standard InChI is InChI=1S/C19H19NO6S/c21-27(22,14-4-6-17-19(11-14)26-12-25-17)20-7-1-2-15(20)13-3-5-16-18(10-13)24-9-8-23-16/h3-6,10-11,15H,1-2,7-9,12H2/t15-/m0/s1. The second-order valence-corrected chi connectivity index (χ2v) is 8.58. The molecule has 1 fully saturated rings. The normalized spacial score (nSPS) is 21.4. The maximum absolute atomic E-state index is 13.3. The van der Waals surface area contributed by atoms with Crippen LogP contribution in [0.4, 0.5) is 0 Å². The molecule has 0 aliphatic carbocycles. The second kappa shape index (κ2) is 6.31. The average Bonchev–Trinajstić information content (AvgIpc) is 3.36. The molecular formula is C19H19NO6S. The maximum atomic E-state index is 13.3. The smallest absolute Gasteiger partial charge is 0.243 e. The van der Waals surface area contributed by atoms with E-state index in [1.165, 1.54) is 6.07 Å². The van der Waals surface area contributed by atoms with Crippen molar-refractivity contribution < 1.29 is 27.4 Å². The SMILES string of the molecule is O=S(=O)(c1ccc2c(c1)OCO2)N1CCC[C@H]1c1ccc2c(c1)OCCO2. The Morgan fingerprint density at radius 1 is 0.852 bits per heavy atom. The lowest BCUT2D eigenvalue weighted by atomic mass is 10.0. The summed E-state index contributed by atoms with van der Waals surface area (Å²) in [4.78, 5) is 0.219. The Morgan fingerprint density at radius 3 is 2.44 bits per heavy atom. The highest BCUT2D eigenvalue weighted by Crippen LogP contribution is 2.42. The highest BCUT2D eigenvalue weighted by Gasteiger charge is 2.37. The van der Waals surface area contributed by atoms with Crippen LogP contribution in [0, 0.1) is 0 Å². The number of rotatable bonds is 3. The molecule has 2 aromatic carbocycles. The molecule has 0 unspecified atom stereocenters. The van der Waals surface area contributed by atoms with E-state index in [4.69, 9.17) is 18.9 Å². The van der Waals surface area contributed by atoms with Gasteiger partial charge in [-0.1, -0.05) is 6.07 Å². The minimum absolute atomic E-state index is 0.113. The summed E-state index contributed by atoms with van der Waals surface area (Å²) in [7, 11) is -3.65. The highest BCUT2D eigenvalue weighted by atomic mass is 32.2. The largest absolute Gasteiger partial charge is 0.486 e. The zero-order valence-corrected chi connectivity index (χ0v) is 15.4. The topological polar surface area (TPSA) is 74.3 Å². The Labute approximate surface area is 157 Å². The van der Waals surface area contributed by atoms with E-state index < -0.39 is 10.0 Å².